The first kappa shape index (κ1) is 25.4. The van der Waals surface area contributed by atoms with Crippen molar-refractivity contribution in [3.63, 3.8) is 0 Å². The van der Waals surface area contributed by atoms with E-state index < -0.39 is 0 Å². The number of hydrazone groups is 1. The number of ether oxygens (including phenoxy) is 1. The van der Waals surface area contributed by atoms with Crippen molar-refractivity contribution in [2.24, 2.45) is 5.10 Å². The average molecular weight is 568 g/mol. The first-order chi connectivity index (χ1) is 18.2. The topological polar surface area (TPSA) is 78.8 Å². The molecule has 0 radical (unpaired) electrons. The zero-order valence-electron chi connectivity index (χ0n) is 20.7. The van der Waals surface area contributed by atoms with Gasteiger partial charge in [-0.2, -0.15) is 20.1 Å². The number of piperidine rings is 2. The number of benzene rings is 2. The van der Waals surface area contributed by atoms with E-state index in [9.17, 15) is 4.39 Å². The number of anilines is 3. The second-order valence-corrected chi connectivity index (χ2v) is 10.2. The molecule has 3 heterocycles. The number of aromatic nitrogens is 3. The summed E-state index contributed by atoms with van der Waals surface area (Å²) in [6.45, 7) is 3.92. The first-order valence-corrected chi connectivity index (χ1v) is 13.7. The molecular formula is C27H31BrFN7O. The van der Waals surface area contributed by atoms with Gasteiger partial charge < -0.3 is 14.5 Å². The predicted molar refractivity (Wildman–Crippen MR) is 148 cm³/mol. The fraction of sp³-hybridized carbons (Fsp3) is 0.407. The van der Waals surface area contributed by atoms with Gasteiger partial charge >= 0.3 is 0 Å². The van der Waals surface area contributed by atoms with Gasteiger partial charge in [-0.25, -0.2) is 9.82 Å². The highest BCUT2D eigenvalue weighted by Gasteiger charge is 2.20. The predicted octanol–water partition coefficient (Wildman–Crippen LogP) is 5.78. The van der Waals surface area contributed by atoms with Crippen molar-refractivity contribution >= 4 is 40.0 Å². The van der Waals surface area contributed by atoms with E-state index in [2.05, 4.69) is 46.2 Å². The minimum Gasteiger partial charge on any atom is -0.488 e. The van der Waals surface area contributed by atoms with E-state index in [-0.39, 0.29) is 12.4 Å². The molecular weight excluding hydrogens is 537 g/mol. The first-order valence-electron chi connectivity index (χ1n) is 12.9. The maximum atomic E-state index is 14.0. The molecule has 0 bridgehead atoms. The third-order valence-electron chi connectivity index (χ3n) is 6.57. The van der Waals surface area contributed by atoms with E-state index in [1.807, 2.05) is 18.2 Å². The van der Waals surface area contributed by atoms with Gasteiger partial charge in [0.25, 0.3) is 0 Å². The third kappa shape index (κ3) is 6.74. The number of nitrogens with zero attached hydrogens (tertiary/aromatic N) is 6. The van der Waals surface area contributed by atoms with E-state index in [0.29, 0.717) is 29.2 Å². The van der Waals surface area contributed by atoms with Crippen molar-refractivity contribution in [1.29, 1.82) is 0 Å². The summed E-state index contributed by atoms with van der Waals surface area (Å²) in [6.07, 6.45) is 8.71. The van der Waals surface area contributed by atoms with Gasteiger partial charge in [0.05, 0.1) is 6.21 Å². The van der Waals surface area contributed by atoms with E-state index in [4.69, 9.17) is 9.72 Å². The Morgan fingerprint density at radius 2 is 1.54 bits per heavy atom. The van der Waals surface area contributed by atoms with Crippen LogP contribution in [0.5, 0.6) is 5.75 Å². The fourth-order valence-corrected chi connectivity index (χ4v) is 4.94. The highest BCUT2D eigenvalue weighted by molar-refractivity contribution is 9.10. The maximum Gasteiger partial charge on any atom is 0.250 e. The van der Waals surface area contributed by atoms with Gasteiger partial charge in [0.15, 0.2) is 0 Å². The molecule has 8 nitrogen and oxygen atoms in total. The lowest BCUT2D eigenvalue weighted by Gasteiger charge is -2.30. The Kier molecular flexibility index (Phi) is 8.45. The van der Waals surface area contributed by atoms with Gasteiger partial charge in [-0.3, -0.25) is 0 Å². The molecule has 3 aromatic rings. The summed E-state index contributed by atoms with van der Waals surface area (Å²) >= 11 is 3.51. The summed E-state index contributed by atoms with van der Waals surface area (Å²) in [7, 11) is 0. The smallest absolute Gasteiger partial charge is 0.250 e. The summed E-state index contributed by atoms with van der Waals surface area (Å²) in [4.78, 5) is 18.6. The fourth-order valence-electron chi connectivity index (χ4n) is 4.56. The minimum absolute atomic E-state index is 0.119. The Morgan fingerprint density at radius 3 is 2.19 bits per heavy atom. The van der Waals surface area contributed by atoms with E-state index in [1.54, 1.807) is 24.4 Å². The molecule has 0 saturated carbocycles. The Bertz CT molecular complexity index is 1190. The van der Waals surface area contributed by atoms with Crippen molar-refractivity contribution in [2.75, 3.05) is 41.4 Å². The zero-order chi connectivity index (χ0) is 25.5. The monoisotopic (exact) mass is 567 g/mol. The Labute approximate surface area is 225 Å². The third-order valence-corrected chi connectivity index (χ3v) is 7.06. The molecule has 0 unspecified atom stereocenters. The molecule has 0 spiro atoms. The normalized spacial score (nSPS) is 16.3. The summed E-state index contributed by atoms with van der Waals surface area (Å²) in [5, 5.41) is 4.42. The highest BCUT2D eigenvalue weighted by atomic mass is 79.9. The summed E-state index contributed by atoms with van der Waals surface area (Å²) < 4.78 is 20.8. The summed E-state index contributed by atoms with van der Waals surface area (Å²) in [5.41, 5.74) is 4.23. The molecule has 0 amide bonds. The molecule has 2 saturated heterocycles. The van der Waals surface area contributed by atoms with Crippen molar-refractivity contribution in [2.45, 2.75) is 45.1 Å². The van der Waals surface area contributed by atoms with Crippen LogP contribution in [0.3, 0.4) is 0 Å². The van der Waals surface area contributed by atoms with E-state index >= 15 is 0 Å². The van der Waals surface area contributed by atoms with Crippen LogP contribution in [0, 0.1) is 5.82 Å². The maximum absolute atomic E-state index is 14.0. The second kappa shape index (κ2) is 12.3. The molecule has 2 fully saturated rings. The van der Waals surface area contributed by atoms with Crippen LogP contribution in [0.1, 0.15) is 49.7 Å². The average Bonchev–Trinajstić information content (AvgIpc) is 2.94. The van der Waals surface area contributed by atoms with Crippen molar-refractivity contribution < 1.29 is 9.13 Å². The molecule has 1 N–H and O–H groups in total. The molecule has 10 heteroatoms. The Hall–Kier alpha value is -3.27. The zero-order valence-corrected chi connectivity index (χ0v) is 22.3. The molecule has 5 rings (SSSR count). The van der Waals surface area contributed by atoms with E-state index in [0.717, 1.165) is 61.9 Å². The van der Waals surface area contributed by atoms with Crippen LogP contribution in [0.15, 0.2) is 52.0 Å². The van der Waals surface area contributed by atoms with Crippen LogP contribution in [-0.2, 0) is 6.61 Å². The number of hydrogen-bond acceptors (Lipinski definition) is 8. The number of nitrogens with one attached hydrogen (secondary N) is 1. The van der Waals surface area contributed by atoms with Crippen LogP contribution in [0.25, 0.3) is 0 Å². The van der Waals surface area contributed by atoms with Crippen LogP contribution in [-0.4, -0.2) is 47.3 Å². The van der Waals surface area contributed by atoms with Gasteiger partial charge in [-0.05, 0) is 62.8 Å². The standard InChI is InChI=1S/C27H31BrFN7O/c28-22-11-12-24(37-19-20-9-3-4-10-23(20)29)21(17-22)18-30-34-25-31-26(35-13-5-1-6-14-35)33-27(32-25)36-15-7-2-8-16-36/h3-4,9-12,17-18H,1-2,5-8,13-16,19H2,(H,31,32,33,34)/b30-18+. The SMILES string of the molecule is Fc1ccccc1COc1ccc(Br)cc1/C=N/Nc1nc(N2CCCCC2)nc(N2CCCCC2)n1. The molecule has 1 aromatic heterocycles. The molecule has 0 aliphatic carbocycles. The summed E-state index contributed by atoms with van der Waals surface area (Å²) in [6, 6.07) is 12.2. The second-order valence-electron chi connectivity index (χ2n) is 9.29. The molecule has 2 aliphatic heterocycles. The van der Waals surface area contributed by atoms with Gasteiger partial charge in [0, 0.05) is 41.8 Å². The Balaban J connectivity index is 1.34. The van der Waals surface area contributed by atoms with Gasteiger partial charge in [0.2, 0.25) is 17.8 Å². The largest absolute Gasteiger partial charge is 0.488 e. The highest BCUT2D eigenvalue weighted by Crippen LogP contribution is 2.25. The molecule has 0 atom stereocenters. The van der Waals surface area contributed by atoms with Crippen molar-refractivity contribution in [3.05, 3.63) is 63.9 Å². The number of hydrogen-bond donors (Lipinski definition) is 1. The molecule has 2 aromatic carbocycles. The van der Waals surface area contributed by atoms with Gasteiger partial charge in [-0.1, -0.05) is 34.1 Å². The van der Waals surface area contributed by atoms with Crippen LogP contribution in [0.2, 0.25) is 0 Å². The van der Waals surface area contributed by atoms with Gasteiger partial charge in [-0.15, -0.1) is 0 Å². The number of halogens is 2. The van der Waals surface area contributed by atoms with Crippen LogP contribution < -0.4 is 20.0 Å². The minimum atomic E-state index is -0.291. The van der Waals surface area contributed by atoms with Gasteiger partial charge in [0.1, 0.15) is 18.2 Å². The quantitative estimate of drug-likeness (QED) is 0.273. The van der Waals surface area contributed by atoms with E-state index in [1.165, 1.54) is 18.9 Å². The van der Waals surface area contributed by atoms with Crippen LogP contribution >= 0.6 is 15.9 Å². The van der Waals surface area contributed by atoms with Crippen molar-refractivity contribution in [3.8, 4) is 5.75 Å². The Morgan fingerprint density at radius 1 is 0.892 bits per heavy atom. The lowest BCUT2D eigenvalue weighted by atomic mass is 10.1. The molecule has 194 valence electrons. The van der Waals surface area contributed by atoms with Crippen molar-refractivity contribution in [1.82, 2.24) is 15.0 Å². The molecule has 2 aliphatic rings. The molecule has 37 heavy (non-hydrogen) atoms. The lowest BCUT2D eigenvalue weighted by Crippen LogP contribution is -2.34. The summed E-state index contributed by atoms with van der Waals surface area (Å²) in [5.74, 6) is 2.11. The van der Waals surface area contributed by atoms with Crippen LogP contribution in [0.4, 0.5) is 22.2 Å². The number of rotatable bonds is 8. The lowest BCUT2D eigenvalue weighted by molar-refractivity contribution is 0.299.